The quantitative estimate of drug-likeness (QED) is 0.0517. The van der Waals surface area contributed by atoms with Crippen LogP contribution in [0, 0.1) is 17.8 Å². The van der Waals surface area contributed by atoms with Crippen molar-refractivity contribution in [2.24, 2.45) is 17.8 Å². The van der Waals surface area contributed by atoms with Gasteiger partial charge in [0.25, 0.3) is 0 Å². The number of likely N-dealkylation sites (N-methyl/N-ethyl adjacent to an activating group) is 3. The van der Waals surface area contributed by atoms with Gasteiger partial charge in [-0.15, -0.1) is 0 Å². The maximum absolute atomic E-state index is 12.4. The van der Waals surface area contributed by atoms with E-state index in [2.05, 4.69) is 89.2 Å². The first-order valence-electron chi connectivity index (χ1n) is 41.8. The molecule has 1 atom stereocenters. The van der Waals surface area contributed by atoms with Gasteiger partial charge in [0.15, 0.2) is 0 Å². The standard InChI is InChI=1S/C21H41NO.C18H27NO.C16H25NO.C13H17NO.C9H15NO.C8H13NO2.C8H15NO/c1-4-5-6-7-8-9-10-11-12-13-14-15-16-17-18-19-22-21(23)20(2)3;1-4-5-6-7-11-14-19(18(20)16(2)3)15-17-12-9-8-10-13-17;1-4-17(15(18)11(2)3)16-8-12-5-13(9-16)7-14(6-12)10-16;1-10(2)13(15)14(4)11(3)12-8-6-5-7-9-12;1-8(2)9(11)10-6-4-3-5-7-10;1-7(2)8(10)9-3-5-11-6-4-9;1-5-9(6-2)8(10)7(3)4/h2,4-19H2,1,3H3,(H,22,23);8-10,12-13H,2,4-7,11,14-15H2,1,3H3;12-14H,2,4-10H2,1,3H3;5-9,11H,1H2,2-4H3;1,3-7H2,2H3;1,3-6H2,2H3;3,5-6H2,1-2,4H3. The number of unbranched alkanes of at least 4 members (excludes halogenated alkanes) is 18. The minimum Gasteiger partial charge on any atom is -0.378 e. The number of likely N-dealkylation sites (tertiary alicyclic amines) is 1. The Balaban J connectivity index is 0.000000642. The fourth-order valence-electron chi connectivity index (χ4n) is 15.0. The maximum Gasteiger partial charge on any atom is 0.249 e. The van der Waals surface area contributed by atoms with Crippen molar-refractivity contribution in [3.05, 3.63) is 157 Å². The van der Waals surface area contributed by atoms with E-state index in [1.165, 1.54) is 166 Å². The molecule has 2 aromatic rings. The number of nitrogens with zero attached hydrogens (tertiary/aromatic N) is 6. The Labute approximate surface area is 659 Å². The fourth-order valence-corrected chi connectivity index (χ4v) is 15.0. The van der Waals surface area contributed by atoms with E-state index in [1.54, 1.807) is 63.3 Å². The molecule has 15 nitrogen and oxygen atoms in total. The number of carbonyl (C=O) groups excluding carboxylic acids is 7. The van der Waals surface area contributed by atoms with Crippen LogP contribution in [0.25, 0.3) is 0 Å². The Morgan fingerprint density at radius 3 is 1.20 bits per heavy atom. The summed E-state index contributed by atoms with van der Waals surface area (Å²) in [6.07, 6.45) is 38.3. The van der Waals surface area contributed by atoms with Crippen molar-refractivity contribution in [2.45, 2.75) is 294 Å². The number of amides is 7. The van der Waals surface area contributed by atoms with Gasteiger partial charge in [0.2, 0.25) is 41.4 Å². The summed E-state index contributed by atoms with van der Waals surface area (Å²) in [6, 6.07) is 20.2. The van der Waals surface area contributed by atoms with Crippen LogP contribution >= 0.6 is 0 Å². The first kappa shape index (κ1) is 98.9. The molecule has 2 aliphatic heterocycles. The van der Waals surface area contributed by atoms with Crippen LogP contribution in [0.2, 0.25) is 0 Å². The summed E-state index contributed by atoms with van der Waals surface area (Å²) in [5.74, 6) is 3.17. The largest absolute Gasteiger partial charge is 0.378 e. The van der Waals surface area contributed by atoms with Gasteiger partial charge >= 0.3 is 0 Å². The summed E-state index contributed by atoms with van der Waals surface area (Å²) >= 11 is 0. The summed E-state index contributed by atoms with van der Waals surface area (Å²) in [4.78, 5) is 92.5. The number of morpholine rings is 1. The van der Waals surface area contributed by atoms with Crippen molar-refractivity contribution in [1.82, 2.24) is 34.7 Å². The number of ether oxygens (including phenoxy) is 1. The molecule has 6 fully saturated rings. The molecule has 2 saturated heterocycles. The molecule has 2 heterocycles. The smallest absolute Gasteiger partial charge is 0.249 e. The van der Waals surface area contributed by atoms with Crippen LogP contribution in [0.5, 0.6) is 0 Å². The molecule has 0 aromatic heterocycles. The average molecular weight is 1500 g/mol. The van der Waals surface area contributed by atoms with Crippen LogP contribution in [-0.2, 0) is 44.8 Å². The lowest BCUT2D eigenvalue weighted by Gasteiger charge is -2.60. The fraction of sp³-hybridized carbons (Fsp3) is 0.645. The number of piperidine rings is 1. The van der Waals surface area contributed by atoms with Crippen molar-refractivity contribution in [3.8, 4) is 0 Å². The van der Waals surface area contributed by atoms with Gasteiger partial charge in [-0.2, -0.15) is 0 Å². The van der Waals surface area contributed by atoms with Crippen LogP contribution < -0.4 is 5.32 Å². The number of hydrogen-bond acceptors (Lipinski definition) is 8. The summed E-state index contributed by atoms with van der Waals surface area (Å²) in [5, 5.41) is 2.89. The summed E-state index contributed by atoms with van der Waals surface area (Å²) in [7, 11) is 1.80. The Bertz CT molecular complexity index is 2940. The predicted molar refractivity (Wildman–Crippen MR) is 454 cm³/mol. The highest BCUT2D eigenvalue weighted by Gasteiger charge is 2.54. The van der Waals surface area contributed by atoms with Gasteiger partial charge in [0, 0.05) is 117 Å². The minimum absolute atomic E-state index is 0.00429. The molecule has 108 heavy (non-hydrogen) atoms. The number of hydrogen-bond donors (Lipinski definition) is 1. The molecule has 8 rings (SSSR count). The minimum atomic E-state index is -0.00801. The molecular weight excluding hydrogens is 1340 g/mol. The highest BCUT2D eigenvalue weighted by Crippen LogP contribution is 2.58. The van der Waals surface area contributed by atoms with E-state index in [-0.39, 0.29) is 52.9 Å². The van der Waals surface area contributed by atoms with Crippen LogP contribution in [0.15, 0.2) is 146 Å². The number of nitrogens with one attached hydrogen (secondary N) is 1. The lowest BCUT2D eigenvalue weighted by atomic mass is 9.52. The van der Waals surface area contributed by atoms with E-state index in [0.29, 0.717) is 71.9 Å². The molecule has 1 unspecified atom stereocenters. The summed E-state index contributed by atoms with van der Waals surface area (Å²) in [5.41, 5.74) is 6.88. The third kappa shape index (κ3) is 40.5. The molecule has 6 aliphatic rings. The molecule has 1 N–H and O–H groups in total. The van der Waals surface area contributed by atoms with Crippen LogP contribution in [0.3, 0.4) is 0 Å². The first-order valence-corrected chi connectivity index (χ1v) is 41.8. The van der Waals surface area contributed by atoms with Gasteiger partial charge in [-0.25, -0.2) is 0 Å². The van der Waals surface area contributed by atoms with E-state index in [9.17, 15) is 33.6 Å². The van der Waals surface area contributed by atoms with Gasteiger partial charge in [-0.1, -0.05) is 236 Å². The van der Waals surface area contributed by atoms with Gasteiger partial charge < -0.3 is 39.5 Å². The summed E-state index contributed by atoms with van der Waals surface area (Å²) in [6.45, 7) is 59.9. The third-order valence-electron chi connectivity index (χ3n) is 21.0. The second-order valence-electron chi connectivity index (χ2n) is 31.2. The van der Waals surface area contributed by atoms with Gasteiger partial charge in [-0.3, -0.25) is 33.6 Å². The van der Waals surface area contributed by atoms with E-state index in [0.717, 1.165) is 94.8 Å². The lowest BCUT2D eigenvalue weighted by Crippen LogP contribution is -2.61. The van der Waals surface area contributed by atoms with Crippen LogP contribution in [0.1, 0.15) is 293 Å². The van der Waals surface area contributed by atoms with E-state index < -0.39 is 0 Å². The van der Waals surface area contributed by atoms with Gasteiger partial charge in [0.1, 0.15) is 0 Å². The van der Waals surface area contributed by atoms with Crippen molar-refractivity contribution in [2.75, 3.05) is 79.2 Å². The highest BCUT2D eigenvalue weighted by atomic mass is 16.5. The molecule has 0 radical (unpaired) electrons. The van der Waals surface area contributed by atoms with Gasteiger partial charge in [-0.05, 0) is 176 Å². The Morgan fingerprint density at radius 2 is 0.833 bits per heavy atom. The van der Waals surface area contributed by atoms with E-state index >= 15 is 0 Å². The zero-order valence-corrected chi connectivity index (χ0v) is 71.0. The normalized spacial score (nSPS) is 17.2. The monoisotopic (exact) mass is 1500 g/mol. The molecule has 0 spiro atoms. The van der Waals surface area contributed by atoms with Crippen molar-refractivity contribution in [1.29, 1.82) is 0 Å². The second kappa shape index (κ2) is 57.9. The average Bonchev–Trinajstić information content (AvgIpc) is 0.735. The molecule has 7 amide bonds. The second-order valence-corrected chi connectivity index (χ2v) is 31.2. The molecule has 4 bridgehead atoms. The predicted octanol–water partition coefficient (Wildman–Crippen LogP) is 20.7. The zero-order chi connectivity index (χ0) is 81.0. The molecular formula is C93H153N7O8. The molecule has 2 aromatic carbocycles. The topological polar surface area (TPSA) is 160 Å². The maximum atomic E-state index is 12.4. The number of rotatable bonds is 37. The third-order valence-corrected chi connectivity index (χ3v) is 21.0. The number of benzene rings is 2. The van der Waals surface area contributed by atoms with Gasteiger partial charge in [0.05, 0.1) is 19.3 Å². The molecule has 4 saturated carbocycles. The SMILES string of the molecule is C=C(C)C(=O)N(C)C(C)c1ccccc1.C=C(C)C(=O)N(CC)C12CC3CC(CC(C3)C1)C2.C=C(C)C(=O)N(CC)CC.C=C(C)C(=O)N(CCCCCCC)Cc1ccccc1.C=C(C)C(=O)N1CCCCC1.C=C(C)C(=O)N1CCOCC1.C=C(C)C(=O)NCCCCCCCCCCCCCCCCC. The molecule has 4 aliphatic carbocycles. The van der Waals surface area contributed by atoms with Crippen LogP contribution in [0.4, 0.5) is 0 Å². The Morgan fingerprint density at radius 1 is 0.454 bits per heavy atom. The highest BCUT2D eigenvalue weighted by molar-refractivity contribution is 5.95. The van der Waals surface area contributed by atoms with E-state index in [4.69, 9.17) is 4.74 Å². The Kier molecular flexibility index (Phi) is 53.0. The van der Waals surface area contributed by atoms with Crippen LogP contribution in [-0.4, -0.2) is 155 Å². The first-order chi connectivity index (χ1) is 51.5. The van der Waals surface area contributed by atoms with Crippen molar-refractivity contribution < 1.29 is 38.3 Å². The Hall–Kier alpha value is -7.13. The number of carbonyl (C=O) groups is 7. The summed E-state index contributed by atoms with van der Waals surface area (Å²) < 4.78 is 5.11. The van der Waals surface area contributed by atoms with Crippen molar-refractivity contribution >= 4 is 41.4 Å². The molecule has 608 valence electrons. The van der Waals surface area contributed by atoms with E-state index in [1.807, 2.05) is 86.0 Å². The van der Waals surface area contributed by atoms with Crippen molar-refractivity contribution in [3.63, 3.8) is 0 Å². The molecule has 15 heteroatoms. The lowest BCUT2D eigenvalue weighted by molar-refractivity contribution is -0.146. The zero-order valence-electron chi connectivity index (χ0n) is 71.0.